The maximum Gasteiger partial charge on any atom is 0.417 e. The molecule has 0 bridgehead atoms. The summed E-state index contributed by atoms with van der Waals surface area (Å²) in [6, 6.07) is 0.805. The molecule has 6 nitrogen and oxygen atoms in total. The Bertz CT molecular complexity index is 765. The minimum Gasteiger partial charge on any atom is -0.259 e. The molecule has 0 unspecified atom stereocenters. The van der Waals surface area contributed by atoms with Crippen LogP contribution in [0.2, 0.25) is 5.02 Å². The highest BCUT2D eigenvalue weighted by Gasteiger charge is 2.31. The normalized spacial score (nSPS) is 11.8. The van der Waals surface area contributed by atoms with Gasteiger partial charge < -0.3 is 0 Å². The molecule has 0 radical (unpaired) electrons. The smallest absolute Gasteiger partial charge is 0.259 e. The molecule has 108 valence electrons. The van der Waals surface area contributed by atoms with E-state index in [0.29, 0.717) is 17.6 Å². The van der Waals surface area contributed by atoms with E-state index in [4.69, 9.17) is 11.6 Å². The van der Waals surface area contributed by atoms with Crippen molar-refractivity contribution in [2.24, 2.45) is 0 Å². The summed E-state index contributed by atoms with van der Waals surface area (Å²) < 4.78 is 38.9. The predicted octanol–water partition coefficient (Wildman–Crippen LogP) is 2.72. The number of pyridine rings is 1. The van der Waals surface area contributed by atoms with Crippen LogP contribution in [0.4, 0.5) is 13.2 Å². The molecular weight excluding hydrogens is 309 g/mol. The van der Waals surface area contributed by atoms with Gasteiger partial charge in [-0.3, -0.25) is 5.10 Å². The molecule has 0 aliphatic carbocycles. The topological polar surface area (TPSA) is 72.3 Å². The Morgan fingerprint density at radius 2 is 2.00 bits per heavy atom. The Hall–Kier alpha value is -2.42. The van der Waals surface area contributed by atoms with E-state index in [1.807, 2.05) is 0 Å². The maximum absolute atomic E-state index is 12.6. The average molecular weight is 315 g/mol. The predicted molar refractivity (Wildman–Crippen MR) is 66.7 cm³/mol. The number of nitrogens with zero attached hydrogens (tertiary/aromatic N) is 5. The molecule has 3 heterocycles. The van der Waals surface area contributed by atoms with Gasteiger partial charge in [-0.2, -0.15) is 23.4 Å². The van der Waals surface area contributed by atoms with Gasteiger partial charge >= 0.3 is 6.18 Å². The molecule has 0 spiro atoms. The van der Waals surface area contributed by atoms with Gasteiger partial charge in [0.2, 0.25) is 0 Å². The summed E-state index contributed by atoms with van der Waals surface area (Å²) in [5, 5.41) is 10.2. The van der Waals surface area contributed by atoms with E-state index in [2.05, 4.69) is 25.3 Å². The van der Waals surface area contributed by atoms with Gasteiger partial charge in [-0.25, -0.2) is 14.6 Å². The quantitative estimate of drug-likeness (QED) is 0.789. The van der Waals surface area contributed by atoms with E-state index in [9.17, 15) is 13.2 Å². The standard InChI is InChI=1S/C11H6ClF3N6/c12-8-1-7(11(13,14)15)3-16-10(8)21-4-6(2-19-21)9-17-5-18-20-9/h1-5H,(H,17,18,20). The van der Waals surface area contributed by atoms with Crippen molar-refractivity contribution >= 4 is 11.6 Å². The van der Waals surface area contributed by atoms with Crippen molar-refractivity contribution in [2.75, 3.05) is 0 Å². The van der Waals surface area contributed by atoms with Crippen molar-refractivity contribution in [3.8, 4) is 17.2 Å². The third-order valence-electron chi connectivity index (χ3n) is 2.64. The van der Waals surface area contributed by atoms with Gasteiger partial charge in [-0.1, -0.05) is 11.6 Å². The summed E-state index contributed by atoms with van der Waals surface area (Å²) >= 11 is 5.85. The maximum atomic E-state index is 12.6. The first-order valence-corrected chi connectivity index (χ1v) is 5.96. The van der Waals surface area contributed by atoms with Crippen molar-refractivity contribution in [1.82, 2.24) is 29.9 Å². The van der Waals surface area contributed by atoms with Crippen LogP contribution < -0.4 is 0 Å². The fourth-order valence-electron chi connectivity index (χ4n) is 1.66. The molecule has 1 N–H and O–H groups in total. The molecule has 0 aromatic carbocycles. The van der Waals surface area contributed by atoms with E-state index in [1.54, 1.807) is 0 Å². The zero-order valence-electron chi connectivity index (χ0n) is 10.1. The molecule has 0 aliphatic heterocycles. The number of hydrogen-bond acceptors (Lipinski definition) is 4. The third kappa shape index (κ3) is 2.59. The third-order valence-corrected chi connectivity index (χ3v) is 2.92. The Labute approximate surface area is 120 Å². The molecule has 0 atom stereocenters. The van der Waals surface area contributed by atoms with E-state index in [0.717, 1.165) is 6.07 Å². The molecule has 0 saturated carbocycles. The lowest BCUT2D eigenvalue weighted by Gasteiger charge is -2.08. The number of H-pyrrole nitrogens is 1. The minimum atomic E-state index is -4.50. The van der Waals surface area contributed by atoms with Crippen LogP contribution in [0.3, 0.4) is 0 Å². The second-order valence-electron chi connectivity index (χ2n) is 4.03. The summed E-state index contributed by atoms with van der Waals surface area (Å²) in [5.74, 6) is 0.569. The zero-order chi connectivity index (χ0) is 15.0. The van der Waals surface area contributed by atoms with Gasteiger partial charge in [-0.15, -0.1) is 0 Å². The van der Waals surface area contributed by atoms with Gasteiger partial charge in [-0.05, 0) is 6.07 Å². The molecule has 3 rings (SSSR count). The van der Waals surface area contributed by atoms with Gasteiger partial charge in [0.1, 0.15) is 6.33 Å². The number of hydrogen-bond donors (Lipinski definition) is 1. The number of aromatic amines is 1. The van der Waals surface area contributed by atoms with Crippen LogP contribution in [-0.2, 0) is 6.18 Å². The fourth-order valence-corrected chi connectivity index (χ4v) is 1.91. The van der Waals surface area contributed by atoms with Crippen LogP contribution in [0, 0.1) is 0 Å². The van der Waals surface area contributed by atoms with Crippen LogP contribution in [0.15, 0.2) is 31.0 Å². The summed E-state index contributed by atoms with van der Waals surface area (Å²) in [6.07, 6.45) is 0.537. The second-order valence-corrected chi connectivity index (χ2v) is 4.44. The van der Waals surface area contributed by atoms with Crippen LogP contribution in [-0.4, -0.2) is 29.9 Å². The largest absolute Gasteiger partial charge is 0.417 e. The minimum absolute atomic E-state index is 0.0930. The monoisotopic (exact) mass is 314 g/mol. The van der Waals surface area contributed by atoms with Crippen molar-refractivity contribution in [1.29, 1.82) is 0 Å². The highest BCUT2D eigenvalue weighted by molar-refractivity contribution is 6.32. The highest BCUT2D eigenvalue weighted by atomic mass is 35.5. The summed E-state index contributed by atoms with van der Waals surface area (Å²) in [6.45, 7) is 0. The van der Waals surface area contributed by atoms with Crippen LogP contribution in [0.1, 0.15) is 5.56 Å². The number of aromatic nitrogens is 6. The van der Waals surface area contributed by atoms with Crippen molar-refractivity contribution in [3.63, 3.8) is 0 Å². The molecule has 3 aromatic rings. The van der Waals surface area contributed by atoms with Crippen LogP contribution >= 0.6 is 11.6 Å². The summed E-state index contributed by atoms with van der Waals surface area (Å²) in [4.78, 5) is 7.65. The molecule has 21 heavy (non-hydrogen) atoms. The van der Waals surface area contributed by atoms with Crippen LogP contribution in [0.5, 0.6) is 0 Å². The molecule has 0 saturated heterocycles. The average Bonchev–Trinajstić information content (AvgIpc) is 3.08. The summed E-state index contributed by atoms with van der Waals surface area (Å²) in [7, 11) is 0. The first-order valence-electron chi connectivity index (χ1n) is 5.58. The molecular formula is C11H6ClF3N6. The molecule has 0 aliphatic rings. The van der Waals surface area contributed by atoms with E-state index < -0.39 is 11.7 Å². The second kappa shape index (κ2) is 4.85. The van der Waals surface area contributed by atoms with Gasteiger partial charge in [0.15, 0.2) is 11.6 Å². The van der Waals surface area contributed by atoms with Crippen molar-refractivity contribution in [3.05, 3.63) is 41.6 Å². The Balaban J connectivity index is 1.98. The lowest BCUT2D eigenvalue weighted by Crippen LogP contribution is -2.07. The number of alkyl halides is 3. The van der Waals surface area contributed by atoms with E-state index in [1.165, 1.54) is 23.4 Å². The SMILES string of the molecule is FC(F)(F)c1cnc(-n2cc(-c3ncn[nH]3)cn2)c(Cl)c1. The van der Waals surface area contributed by atoms with Gasteiger partial charge in [0, 0.05) is 12.4 Å². The van der Waals surface area contributed by atoms with E-state index in [-0.39, 0.29) is 10.8 Å². The first-order chi connectivity index (χ1) is 9.95. The van der Waals surface area contributed by atoms with Crippen molar-refractivity contribution < 1.29 is 13.2 Å². The van der Waals surface area contributed by atoms with Crippen LogP contribution in [0.25, 0.3) is 17.2 Å². The Kier molecular flexibility index (Phi) is 3.13. The lowest BCUT2D eigenvalue weighted by molar-refractivity contribution is -0.137. The Morgan fingerprint density at radius 3 is 2.62 bits per heavy atom. The first kappa shape index (κ1) is 13.6. The molecule has 10 heteroatoms. The number of nitrogens with one attached hydrogen (secondary N) is 1. The molecule has 3 aromatic heterocycles. The van der Waals surface area contributed by atoms with E-state index >= 15 is 0 Å². The summed E-state index contributed by atoms with van der Waals surface area (Å²) in [5.41, 5.74) is -0.316. The molecule has 0 amide bonds. The van der Waals surface area contributed by atoms with Crippen molar-refractivity contribution in [2.45, 2.75) is 6.18 Å². The van der Waals surface area contributed by atoms with Gasteiger partial charge in [0.25, 0.3) is 0 Å². The fraction of sp³-hybridized carbons (Fsp3) is 0.0909. The zero-order valence-corrected chi connectivity index (χ0v) is 10.9. The Morgan fingerprint density at radius 1 is 1.19 bits per heavy atom. The number of rotatable bonds is 2. The van der Waals surface area contributed by atoms with Gasteiger partial charge in [0.05, 0.1) is 22.3 Å². The molecule has 0 fully saturated rings. The highest BCUT2D eigenvalue weighted by Crippen LogP contribution is 2.32. The number of halogens is 4. The lowest BCUT2D eigenvalue weighted by atomic mass is 10.3.